The van der Waals surface area contributed by atoms with Crippen molar-refractivity contribution >= 4 is 52.1 Å². The van der Waals surface area contributed by atoms with E-state index in [1.807, 2.05) is 36.9 Å². The summed E-state index contributed by atoms with van der Waals surface area (Å²) in [5.74, 6) is 0.478. The minimum absolute atomic E-state index is 0.0224. The lowest BCUT2D eigenvalue weighted by Gasteiger charge is -2.38. The fourth-order valence-electron chi connectivity index (χ4n) is 3.52. The van der Waals surface area contributed by atoms with Gasteiger partial charge in [-0.25, -0.2) is 0 Å². The zero-order valence-electron chi connectivity index (χ0n) is 18.4. The molecule has 7 nitrogen and oxygen atoms in total. The molecule has 0 radical (unpaired) electrons. The van der Waals surface area contributed by atoms with E-state index in [1.165, 1.54) is 0 Å². The Labute approximate surface area is 198 Å². The Morgan fingerprint density at radius 1 is 1.06 bits per heavy atom. The molecule has 2 aromatic rings. The monoisotopic (exact) mass is 474 g/mol. The third-order valence-electron chi connectivity index (χ3n) is 5.22. The summed E-state index contributed by atoms with van der Waals surface area (Å²) in [4.78, 5) is 28.8. The van der Waals surface area contributed by atoms with E-state index in [-0.39, 0.29) is 22.8 Å². The lowest BCUT2D eigenvalue weighted by Crippen LogP contribution is -2.50. The number of nitrogens with one attached hydrogen (secondary N) is 2. The first-order valence-corrected chi connectivity index (χ1v) is 11.2. The van der Waals surface area contributed by atoms with Crippen LogP contribution < -0.4 is 20.3 Å². The molecule has 1 fully saturated rings. The number of rotatable bonds is 5. The van der Waals surface area contributed by atoms with E-state index in [2.05, 4.69) is 15.5 Å². The van der Waals surface area contributed by atoms with Gasteiger partial charge in [0.15, 0.2) is 5.11 Å². The SMILES string of the molecule is COc1ccc(C(=O)NC(=S)Nc2cccc(Cl)c2N2CCN(C(=O)C(C)C)CC2)cc1. The van der Waals surface area contributed by atoms with Gasteiger partial charge in [-0.15, -0.1) is 0 Å². The van der Waals surface area contributed by atoms with E-state index in [4.69, 9.17) is 28.6 Å². The molecule has 0 unspecified atom stereocenters. The first-order chi connectivity index (χ1) is 15.3. The van der Waals surface area contributed by atoms with Gasteiger partial charge in [0, 0.05) is 37.7 Å². The van der Waals surface area contributed by atoms with Crippen LogP contribution in [0.3, 0.4) is 0 Å². The van der Waals surface area contributed by atoms with Gasteiger partial charge in [-0.05, 0) is 48.6 Å². The average Bonchev–Trinajstić information content (AvgIpc) is 2.78. The lowest BCUT2D eigenvalue weighted by atomic mass is 10.1. The van der Waals surface area contributed by atoms with Crippen molar-refractivity contribution in [1.29, 1.82) is 0 Å². The van der Waals surface area contributed by atoms with Crippen LogP contribution in [-0.4, -0.2) is 55.1 Å². The Morgan fingerprint density at radius 3 is 2.31 bits per heavy atom. The molecule has 1 saturated heterocycles. The molecule has 0 spiro atoms. The van der Waals surface area contributed by atoms with Crippen molar-refractivity contribution in [1.82, 2.24) is 10.2 Å². The van der Waals surface area contributed by atoms with Crippen molar-refractivity contribution in [3.8, 4) is 5.75 Å². The number of carbonyl (C=O) groups is 2. The zero-order valence-corrected chi connectivity index (χ0v) is 19.9. The summed E-state index contributed by atoms with van der Waals surface area (Å²) >= 11 is 11.9. The molecule has 0 saturated carbocycles. The minimum atomic E-state index is -0.324. The van der Waals surface area contributed by atoms with Crippen LogP contribution in [0.4, 0.5) is 11.4 Å². The molecule has 2 amide bonds. The van der Waals surface area contributed by atoms with Crippen molar-refractivity contribution in [3.63, 3.8) is 0 Å². The fraction of sp³-hybridized carbons (Fsp3) is 0.348. The number of hydrogen-bond acceptors (Lipinski definition) is 5. The van der Waals surface area contributed by atoms with Crippen LogP contribution in [0.5, 0.6) is 5.75 Å². The summed E-state index contributed by atoms with van der Waals surface area (Å²) in [5, 5.41) is 6.53. The summed E-state index contributed by atoms with van der Waals surface area (Å²) in [6.07, 6.45) is 0. The first-order valence-electron chi connectivity index (χ1n) is 10.4. The highest BCUT2D eigenvalue weighted by atomic mass is 35.5. The number of carbonyl (C=O) groups excluding carboxylic acids is 2. The molecule has 1 heterocycles. The van der Waals surface area contributed by atoms with Gasteiger partial charge in [-0.2, -0.15) is 0 Å². The smallest absolute Gasteiger partial charge is 0.257 e. The Hall–Kier alpha value is -2.84. The topological polar surface area (TPSA) is 73.9 Å². The van der Waals surface area contributed by atoms with Crippen LogP contribution in [-0.2, 0) is 4.79 Å². The van der Waals surface area contributed by atoms with Gasteiger partial charge >= 0.3 is 0 Å². The summed E-state index contributed by atoms with van der Waals surface area (Å²) in [6.45, 7) is 6.38. The molecule has 2 aromatic carbocycles. The van der Waals surface area contributed by atoms with Gasteiger partial charge in [0.05, 0.1) is 23.5 Å². The number of methoxy groups -OCH3 is 1. The molecule has 9 heteroatoms. The summed E-state index contributed by atoms with van der Waals surface area (Å²) in [7, 11) is 1.57. The Balaban J connectivity index is 1.67. The van der Waals surface area contributed by atoms with E-state index in [9.17, 15) is 9.59 Å². The molecule has 0 bridgehead atoms. The maximum absolute atomic E-state index is 12.5. The van der Waals surface area contributed by atoms with Crippen molar-refractivity contribution in [2.45, 2.75) is 13.8 Å². The molecular weight excluding hydrogens is 448 g/mol. The predicted molar refractivity (Wildman–Crippen MR) is 132 cm³/mol. The summed E-state index contributed by atoms with van der Waals surface area (Å²) in [6, 6.07) is 12.2. The minimum Gasteiger partial charge on any atom is -0.497 e. The summed E-state index contributed by atoms with van der Waals surface area (Å²) < 4.78 is 5.11. The lowest BCUT2D eigenvalue weighted by molar-refractivity contribution is -0.134. The van der Waals surface area contributed by atoms with Gasteiger partial charge in [0.2, 0.25) is 5.91 Å². The molecule has 170 valence electrons. The maximum atomic E-state index is 12.5. The van der Waals surface area contributed by atoms with Crippen LogP contribution in [0.25, 0.3) is 0 Å². The third-order valence-corrected chi connectivity index (χ3v) is 5.72. The number of nitrogens with zero attached hydrogens (tertiary/aromatic N) is 2. The molecule has 0 aliphatic carbocycles. The second-order valence-corrected chi connectivity index (χ2v) is 8.56. The number of para-hydroxylation sites is 1. The Bertz CT molecular complexity index is 989. The van der Waals surface area contributed by atoms with Crippen LogP contribution in [0, 0.1) is 5.92 Å². The second-order valence-electron chi connectivity index (χ2n) is 7.74. The second kappa shape index (κ2) is 10.7. The number of benzene rings is 2. The highest BCUT2D eigenvalue weighted by Gasteiger charge is 2.25. The standard InChI is InChI=1S/C23H27ClN4O3S/c1-15(2)22(30)28-13-11-27(12-14-28)20-18(24)5-4-6-19(20)25-23(32)26-21(29)16-7-9-17(31-3)10-8-16/h4-10,15H,11-14H2,1-3H3,(H2,25,26,29,32). The van der Waals surface area contributed by atoms with Gasteiger partial charge in [-0.1, -0.05) is 31.5 Å². The molecule has 2 N–H and O–H groups in total. The van der Waals surface area contributed by atoms with E-state index in [1.54, 1.807) is 31.4 Å². The highest BCUT2D eigenvalue weighted by molar-refractivity contribution is 7.80. The molecular formula is C23H27ClN4O3S. The fourth-order valence-corrected chi connectivity index (χ4v) is 4.02. The first kappa shape index (κ1) is 23.8. The van der Waals surface area contributed by atoms with Crippen molar-refractivity contribution in [2.24, 2.45) is 5.92 Å². The van der Waals surface area contributed by atoms with Crippen molar-refractivity contribution in [3.05, 3.63) is 53.1 Å². The van der Waals surface area contributed by atoms with Crippen molar-refractivity contribution in [2.75, 3.05) is 43.5 Å². The van der Waals surface area contributed by atoms with Crippen molar-refractivity contribution < 1.29 is 14.3 Å². The number of thiocarbonyl (C=S) groups is 1. The molecule has 1 aliphatic heterocycles. The summed E-state index contributed by atoms with van der Waals surface area (Å²) in [5.41, 5.74) is 1.96. The Kier molecular flexibility index (Phi) is 7.93. The van der Waals surface area contributed by atoms with E-state index in [0.717, 1.165) is 5.69 Å². The van der Waals surface area contributed by atoms with Gasteiger partial charge in [0.25, 0.3) is 5.91 Å². The Morgan fingerprint density at radius 2 is 1.72 bits per heavy atom. The normalized spacial score (nSPS) is 13.7. The molecule has 1 aliphatic rings. The molecule has 0 aromatic heterocycles. The number of amides is 2. The number of ether oxygens (including phenoxy) is 1. The predicted octanol–water partition coefficient (Wildman–Crippen LogP) is 3.78. The van der Waals surface area contributed by atoms with E-state index < -0.39 is 0 Å². The quantitative estimate of drug-likeness (QED) is 0.642. The average molecular weight is 475 g/mol. The van der Waals surface area contributed by atoms with Crippen LogP contribution in [0.2, 0.25) is 5.02 Å². The number of piperazine rings is 1. The number of halogens is 1. The van der Waals surface area contributed by atoms with Crippen LogP contribution in [0.15, 0.2) is 42.5 Å². The zero-order chi connectivity index (χ0) is 23.3. The number of anilines is 2. The molecule has 0 atom stereocenters. The van der Waals surface area contributed by atoms with Crippen LogP contribution in [0.1, 0.15) is 24.2 Å². The van der Waals surface area contributed by atoms with E-state index >= 15 is 0 Å². The largest absolute Gasteiger partial charge is 0.497 e. The third kappa shape index (κ3) is 5.69. The van der Waals surface area contributed by atoms with E-state index in [0.29, 0.717) is 48.2 Å². The number of hydrogen-bond donors (Lipinski definition) is 2. The van der Waals surface area contributed by atoms with Gasteiger partial charge < -0.3 is 19.9 Å². The highest BCUT2D eigenvalue weighted by Crippen LogP contribution is 2.34. The van der Waals surface area contributed by atoms with Gasteiger partial charge in [-0.3, -0.25) is 14.9 Å². The van der Waals surface area contributed by atoms with Gasteiger partial charge in [0.1, 0.15) is 5.75 Å². The van der Waals surface area contributed by atoms with Crippen LogP contribution >= 0.6 is 23.8 Å². The maximum Gasteiger partial charge on any atom is 0.257 e. The molecule has 32 heavy (non-hydrogen) atoms. The molecule has 3 rings (SSSR count).